The zero-order chi connectivity index (χ0) is 16.2. The Morgan fingerprint density at radius 1 is 1.35 bits per heavy atom. The van der Waals surface area contributed by atoms with Crippen LogP contribution in [0.2, 0.25) is 0 Å². The maximum Gasteiger partial charge on any atom is 0.139 e. The van der Waals surface area contributed by atoms with Crippen molar-refractivity contribution in [1.82, 2.24) is 0 Å². The van der Waals surface area contributed by atoms with Gasteiger partial charge in [-0.25, -0.2) is 5.53 Å². The molecule has 0 radical (unpaired) electrons. The smallest absolute Gasteiger partial charge is 0.139 e. The second kappa shape index (κ2) is 5.08. The number of fused-ring (bicyclic) bond motifs is 5. The van der Waals surface area contributed by atoms with Crippen molar-refractivity contribution in [2.24, 2.45) is 40.1 Å². The van der Waals surface area contributed by atoms with Crippen molar-refractivity contribution in [2.45, 2.75) is 32.2 Å². The highest BCUT2D eigenvalue weighted by Crippen LogP contribution is 2.60. The molecule has 0 bridgehead atoms. The fourth-order valence-corrected chi connectivity index (χ4v) is 5.56. The summed E-state index contributed by atoms with van der Waals surface area (Å²) in [5, 5.41) is 3.60. The molecular formula is C19H22N2O2. The molecule has 6 unspecified atom stereocenters. The maximum absolute atomic E-state index is 12.5. The van der Waals surface area contributed by atoms with Crippen LogP contribution in [-0.2, 0) is 9.59 Å². The number of allylic oxidation sites excluding steroid dienone is 4. The van der Waals surface area contributed by atoms with Crippen LogP contribution >= 0.6 is 0 Å². The molecule has 4 rings (SSSR count). The fourth-order valence-electron chi connectivity index (χ4n) is 5.56. The third-order valence-corrected chi connectivity index (χ3v) is 6.72. The van der Waals surface area contributed by atoms with Crippen molar-refractivity contribution >= 4 is 12.1 Å². The number of carbonyl (C=O) groups is 2. The number of hydrogen-bond donors (Lipinski definition) is 1. The molecule has 0 heterocycles. The van der Waals surface area contributed by atoms with Gasteiger partial charge in [0.1, 0.15) is 18.1 Å². The summed E-state index contributed by atoms with van der Waals surface area (Å²) in [5.74, 6) is 1.40. The summed E-state index contributed by atoms with van der Waals surface area (Å²) >= 11 is 0. The first-order chi connectivity index (χ1) is 11.1. The average Bonchev–Trinajstić information content (AvgIpc) is 2.85. The summed E-state index contributed by atoms with van der Waals surface area (Å²) in [4.78, 5) is 24.1. The quantitative estimate of drug-likeness (QED) is 0.482. The molecule has 0 aromatic carbocycles. The monoisotopic (exact) mass is 310 g/mol. The summed E-state index contributed by atoms with van der Waals surface area (Å²) in [7, 11) is 0. The highest BCUT2D eigenvalue weighted by Gasteiger charge is 2.58. The predicted octanol–water partition coefficient (Wildman–Crippen LogP) is 3.50. The van der Waals surface area contributed by atoms with E-state index in [0.29, 0.717) is 24.2 Å². The molecule has 120 valence electrons. The molecule has 2 fully saturated rings. The molecular weight excluding hydrogens is 288 g/mol. The number of ketones is 1. The van der Waals surface area contributed by atoms with Gasteiger partial charge in [0.15, 0.2) is 0 Å². The molecule has 1 N–H and O–H groups in total. The van der Waals surface area contributed by atoms with Crippen LogP contribution in [0, 0.1) is 40.5 Å². The van der Waals surface area contributed by atoms with E-state index in [-0.39, 0.29) is 29.1 Å². The van der Waals surface area contributed by atoms with E-state index in [2.05, 4.69) is 36.3 Å². The Morgan fingerprint density at radius 3 is 2.91 bits per heavy atom. The van der Waals surface area contributed by atoms with E-state index < -0.39 is 0 Å². The summed E-state index contributed by atoms with van der Waals surface area (Å²) in [6, 6.07) is -0.146. The van der Waals surface area contributed by atoms with Gasteiger partial charge in [0, 0.05) is 23.7 Å². The molecule has 4 heteroatoms. The lowest BCUT2D eigenvalue weighted by Gasteiger charge is -2.49. The van der Waals surface area contributed by atoms with Gasteiger partial charge in [0.05, 0.1) is 0 Å². The minimum absolute atomic E-state index is 0.126. The van der Waals surface area contributed by atoms with Crippen molar-refractivity contribution < 1.29 is 9.59 Å². The van der Waals surface area contributed by atoms with Gasteiger partial charge in [-0.3, -0.25) is 4.79 Å². The minimum Gasteiger partial charge on any atom is -0.303 e. The lowest BCUT2D eigenvalue weighted by atomic mass is 9.53. The largest absolute Gasteiger partial charge is 0.303 e. The average molecular weight is 310 g/mol. The Morgan fingerprint density at radius 2 is 2.17 bits per heavy atom. The van der Waals surface area contributed by atoms with Crippen LogP contribution in [0.1, 0.15) is 26.2 Å². The SMILES string of the molecule is C[C@]12CCC3C4C=CC(N=N)C=C4C=CC3C1C(C=O)CC2=O. The Kier molecular flexibility index (Phi) is 3.26. The lowest BCUT2D eigenvalue weighted by Crippen LogP contribution is -2.46. The van der Waals surface area contributed by atoms with Gasteiger partial charge in [-0.1, -0.05) is 37.3 Å². The van der Waals surface area contributed by atoms with Gasteiger partial charge in [0.2, 0.25) is 0 Å². The van der Waals surface area contributed by atoms with E-state index in [1.807, 2.05) is 6.08 Å². The zero-order valence-corrected chi connectivity index (χ0v) is 13.3. The number of carbonyl (C=O) groups excluding carboxylic acids is 2. The van der Waals surface area contributed by atoms with Gasteiger partial charge in [-0.15, -0.1) is 0 Å². The molecule has 0 aliphatic heterocycles. The number of aldehydes is 1. The Labute approximate surface area is 136 Å². The first-order valence-corrected chi connectivity index (χ1v) is 8.52. The van der Waals surface area contributed by atoms with Crippen LogP contribution in [0.3, 0.4) is 0 Å². The van der Waals surface area contributed by atoms with Crippen LogP contribution in [0.25, 0.3) is 0 Å². The molecule has 0 amide bonds. The summed E-state index contributed by atoms with van der Waals surface area (Å²) in [6.07, 6.45) is 14.0. The summed E-state index contributed by atoms with van der Waals surface area (Å²) in [6.45, 7) is 2.07. The first-order valence-electron chi connectivity index (χ1n) is 8.52. The molecule has 4 nitrogen and oxygen atoms in total. The van der Waals surface area contributed by atoms with Crippen molar-refractivity contribution in [3.05, 3.63) is 36.0 Å². The van der Waals surface area contributed by atoms with Crippen LogP contribution < -0.4 is 0 Å². The number of nitrogens with one attached hydrogen (secondary N) is 1. The van der Waals surface area contributed by atoms with E-state index in [0.717, 1.165) is 19.1 Å². The highest BCUT2D eigenvalue weighted by molar-refractivity contribution is 5.90. The van der Waals surface area contributed by atoms with Crippen molar-refractivity contribution in [2.75, 3.05) is 0 Å². The van der Waals surface area contributed by atoms with Crippen LogP contribution in [0.4, 0.5) is 0 Å². The normalized spacial score (nSPS) is 47.3. The third kappa shape index (κ3) is 1.97. The number of nitrogens with zero attached hydrogens (tertiary/aromatic N) is 1. The van der Waals surface area contributed by atoms with E-state index >= 15 is 0 Å². The van der Waals surface area contributed by atoms with Crippen molar-refractivity contribution in [1.29, 1.82) is 5.53 Å². The number of Topliss-reactive ketones (excluding diaryl/α,β-unsaturated/α-hetero) is 1. The van der Waals surface area contributed by atoms with E-state index in [1.54, 1.807) is 0 Å². The van der Waals surface area contributed by atoms with Gasteiger partial charge in [0.25, 0.3) is 0 Å². The molecule has 2 saturated carbocycles. The first kappa shape index (κ1) is 14.7. The maximum atomic E-state index is 12.5. The second-order valence-corrected chi connectivity index (χ2v) is 7.71. The van der Waals surface area contributed by atoms with Crippen LogP contribution in [-0.4, -0.2) is 18.1 Å². The molecule has 7 atom stereocenters. The van der Waals surface area contributed by atoms with Crippen molar-refractivity contribution in [3.8, 4) is 0 Å². The van der Waals surface area contributed by atoms with Crippen molar-refractivity contribution in [3.63, 3.8) is 0 Å². The lowest BCUT2D eigenvalue weighted by molar-refractivity contribution is -0.129. The van der Waals surface area contributed by atoms with E-state index in [9.17, 15) is 9.59 Å². The zero-order valence-electron chi connectivity index (χ0n) is 13.3. The van der Waals surface area contributed by atoms with Crippen LogP contribution in [0.15, 0.2) is 41.1 Å². The van der Waals surface area contributed by atoms with E-state index in [1.165, 1.54) is 5.57 Å². The minimum atomic E-state index is -0.324. The molecule has 0 aromatic heterocycles. The molecule has 0 spiro atoms. The van der Waals surface area contributed by atoms with E-state index in [4.69, 9.17) is 5.53 Å². The third-order valence-electron chi connectivity index (χ3n) is 6.72. The standard InChI is InChI=1S/C19H22N2O2/c1-19-7-6-15-14-5-3-13(21-20)8-11(14)2-4-16(15)18(19)12(10-22)9-17(19)23/h2-5,8,10,12-16,18,20H,6-7,9H2,1H3/t12?,13?,14?,15?,16?,18?,19-/m1/s1. The summed E-state index contributed by atoms with van der Waals surface area (Å²) < 4.78 is 0. The molecule has 4 aliphatic rings. The predicted molar refractivity (Wildman–Crippen MR) is 85.8 cm³/mol. The number of rotatable bonds is 2. The highest BCUT2D eigenvalue weighted by atomic mass is 16.1. The van der Waals surface area contributed by atoms with Gasteiger partial charge in [-0.05, 0) is 36.2 Å². The van der Waals surface area contributed by atoms with Crippen LogP contribution in [0.5, 0.6) is 0 Å². The Balaban J connectivity index is 1.73. The summed E-state index contributed by atoms with van der Waals surface area (Å²) in [5.41, 5.74) is 8.13. The van der Waals surface area contributed by atoms with Gasteiger partial charge >= 0.3 is 0 Å². The second-order valence-electron chi connectivity index (χ2n) is 7.71. The Bertz CT molecular complexity index is 662. The Hall–Kier alpha value is -1.84. The fraction of sp³-hybridized carbons (Fsp3) is 0.579. The number of hydrogen-bond acceptors (Lipinski definition) is 4. The topological polar surface area (TPSA) is 70.3 Å². The van der Waals surface area contributed by atoms with Gasteiger partial charge < -0.3 is 4.79 Å². The molecule has 0 saturated heterocycles. The molecule has 4 aliphatic carbocycles. The molecule has 23 heavy (non-hydrogen) atoms. The van der Waals surface area contributed by atoms with Gasteiger partial charge in [-0.2, -0.15) is 5.11 Å². The molecule has 0 aromatic rings.